The van der Waals surface area contributed by atoms with Crippen LogP contribution in [-0.2, 0) is 6.61 Å². The molecule has 5 nitrogen and oxygen atoms in total. The maximum Gasteiger partial charge on any atom is 0.282 e. The van der Waals surface area contributed by atoms with Crippen molar-refractivity contribution in [2.45, 2.75) is 44.6 Å². The minimum absolute atomic E-state index is 0.165. The molecule has 0 amide bonds. The van der Waals surface area contributed by atoms with Gasteiger partial charge in [0.15, 0.2) is 0 Å². The van der Waals surface area contributed by atoms with E-state index in [0.29, 0.717) is 33.3 Å². The summed E-state index contributed by atoms with van der Waals surface area (Å²) in [4.78, 5) is 18.4. The summed E-state index contributed by atoms with van der Waals surface area (Å²) in [6.07, 6.45) is 7.20. The van der Waals surface area contributed by atoms with Crippen molar-refractivity contribution in [2.75, 3.05) is 0 Å². The van der Waals surface area contributed by atoms with Gasteiger partial charge in [-0.15, -0.1) is 0 Å². The van der Waals surface area contributed by atoms with E-state index in [2.05, 4.69) is 37.0 Å². The number of aromatic nitrogens is 2. The summed E-state index contributed by atoms with van der Waals surface area (Å²) in [6, 6.07) is 16.6. The molecule has 5 rings (SSSR count). The second kappa shape index (κ2) is 11.7. The van der Waals surface area contributed by atoms with Crippen LogP contribution >= 0.6 is 55.1 Å². The predicted octanol–water partition coefficient (Wildman–Crippen LogP) is 8.74. The average Bonchev–Trinajstić information content (AvgIpc) is 2.89. The summed E-state index contributed by atoms with van der Waals surface area (Å²) >= 11 is 19.3. The van der Waals surface area contributed by atoms with E-state index in [4.69, 9.17) is 32.9 Å². The standard InChI is InChI=1S/C28H23Br2Cl2N3O2/c29-20-8-10-25-22(13-20)28(36)35(27(34-25)18-4-2-1-3-5-18)33-15-17-6-11-26(23(30)12-17)37-16-19-7-9-21(31)14-24(19)32/h6-15,18H,1-5,16H2. The van der Waals surface area contributed by atoms with Crippen molar-refractivity contribution < 1.29 is 4.74 Å². The lowest BCUT2D eigenvalue weighted by Gasteiger charge is -2.22. The molecule has 4 aromatic rings. The highest BCUT2D eigenvalue weighted by Gasteiger charge is 2.22. The molecular weight excluding hydrogens is 641 g/mol. The van der Waals surface area contributed by atoms with Crippen molar-refractivity contribution in [1.29, 1.82) is 0 Å². The van der Waals surface area contributed by atoms with Gasteiger partial charge in [0.05, 0.1) is 21.6 Å². The van der Waals surface area contributed by atoms with Crippen molar-refractivity contribution in [2.24, 2.45) is 5.10 Å². The molecule has 1 aliphatic rings. The Hall–Kier alpha value is -2.19. The van der Waals surface area contributed by atoms with E-state index in [0.717, 1.165) is 51.6 Å². The van der Waals surface area contributed by atoms with Gasteiger partial charge in [-0.25, -0.2) is 4.98 Å². The second-order valence-electron chi connectivity index (χ2n) is 9.04. The van der Waals surface area contributed by atoms with Gasteiger partial charge < -0.3 is 4.74 Å². The average molecular weight is 664 g/mol. The van der Waals surface area contributed by atoms with Crippen LogP contribution < -0.4 is 10.3 Å². The monoisotopic (exact) mass is 661 g/mol. The summed E-state index contributed by atoms with van der Waals surface area (Å²) < 4.78 is 9.03. The molecule has 3 aromatic carbocycles. The van der Waals surface area contributed by atoms with E-state index < -0.39 is 0 Å². The Balaban J connectivity index is 1.43. The molecule has 0 unspecified atom stereocenters. The van der Waals surface area contributed by atoms with Crippen LogP contribution in [0.5, 0.6) is 5.75 Å². The number of rotatable bonds is 6. The predicted molar refractivity (Wildman–Crippen MR) is 157 cm³/mol. The van der Waals surface area contributed by atoms with E-state index in [-0.39, 0.29) is 11.5 Å². The first-order valence-electron chi connectivity index (χ1n) is 12.0. The van der Waals surface area contributed by atoms with Crippen molar-refractivity contribution in [3.63, 3.8) is 0 Å². The zero-order chi connectivity index (χ0) is 25.9. The third-order valence-corrected chi connectivity index (χ3v) is 8.18. The fraction of sp³-hybridized carbons (Fsp3) is 0.250. The molecule has 37 heavy (non-hydrogen) atoms. The molecule has 9 heteroatoms. The van der Waals surface area contributed by atoms with Gasteiger partial charge in [-0.05, 0) is 82.9 Å². The second-order valence-corrected chi connectivity index (χ2v) is 11.7. The fourth-order valence-corrected chi connectivity index (χ4v) is 5.87. The molecule has 1 aromatic heterocycles. The Kier molecular flexibility index (Phi) is 8.34. The fourth-order valence-electron chi connectivity index (χ4n) is 4.54. The number of fused-ring (bicyclic) bond motifs is 1. The number of nitrogens with zero attached hydrogens (tertiary/aromatic N) is 3. The zero-order valence-corrected chi connectivity index (χ0v) is 24.4. The van der Waals surface area contributed by atoms with E-state index in [1.165, 1.54) is 11.1 Å². The first-order valence-corrected chi connectivity index (χ1v) is 14.4. The topological polar surface area (TPSA) is 56.5 Å². The van der Waals surface area contributed by atoms with Crippen LogP contribution in [0.4, 0.5) is 0 Å². The van der Waals surface area contributed by atoms with Gasteiger partial charge in [-0.2, -0.15) is 9.78 Å². The zero-order valence-electron chi connectivity index (χ0n) is 19.8. The van der Waals surface area contributed by atoms with E-state index in [1.54, 1.807) is 24.4 Å². The lowest BCUT2D eigenvalue weighted by atomic mass is 9.88. The lowest BCUT2D eigenvalue weighted by Crippen LogP contribution is -2.25. The Labute approximate surface area is 241 Å². The van der Waals surface area contributed by atoms with E-state index in [9.17, 15) is 4.79 Å². The molecule has 1 fully saturated rings. The third kappa shape index (κ3) is 6.11. The molecule has 0 saturated heterocycles. The molecule has 0 N–H and O–H groups in total. The number of ether oxygens (including phenoxy) is 1. The van der Waals surface area contributed by atoms with Crippen LogP contribution in [0.1, 0.15) is 55.0 Å². The number of benzene rings is 3. The number of hydrogen-bond acceptors (Lipinski definition) is 4. The maximum atomic E-state index is 13.5. The number of halogens is 4. The van der Waals surface area contributed by atoms with Gasteiger partial charge >= 0.3 is 0 Å². The highest BCUT2D eigenvalue weighted by atomic mass is 79.9. The molecule has 0 atom stereocenters. The molecule has 1 saturated carbocycles. The largest absolute Gasteiger partial charge is 0.488 e. The van der Waals surface area contributed by atoms with Crippen LogP contribution in [0.3, 0.4) is 0 Å². The highest BCUT2D eigenvalue weighted by Crippen LogP contribution is 2.32. The summed E-state index contributed by atoms with van der Waals surface area (Å²) in [7, 11) is 0. The van der Waals surface area contributed by atoms with Gasteiger partial charge in [-0.1, -0.05) is 64.5 Å². The molecule has 190 valence electrons. The summed E-state index contributed by atoms with van der Waals surface area (Å²) in [6.45, 7) is 0.306. The van der Waals surface area contributed by atoms with Gasteiger partial charge in [0.1, 0.15) is 18.2 Å². The van der Waals surface area contributed by atoms with Crippen LogP contribution in [0, 0.1) is 0 Å². The minimum atomic E-state index is -0.165. The van der Waals surface area contributed by atoms with Gasteiger partial charge in [-0.3, -0.25) is 4.79 Å². The van der Waals surface area contributed by atoms with Crippen molar-refractivity contribution in [1.82, 2.24) is 9.66 Å². The molecule has 1 aliphatic carbocycles. The first kappa shape index (κ1) is 26.4. The molecule has 0 bridgehead atoms. The van der Waals surface area contributed by atoms with E-state index in [1.807, 2.05) is 36.4 Å². The van der Waals surface area contributed by atoms with Crippen molar-refractivity contribution >= 4 is 72.2 Å². The van der Waals surface area contributed by atoms with Crippen LogP contribution in [0.15, 0.2) is 73.4 Å². The van der Waals surface area contributed by atoms with Crippen LogP contribution in [0.2, 0.25) is 10.0 Å². The first-order chi connectivity index (χ1) is 17.9. The van der Waals surface area contributed by atoms with Crippen LogP contribution in [-0.4, -0.2) is 15.9 Å². The molecule has 1 heterocycles. The quantitative estimate of drug-likeness (QED) is 0.194. The van der Waals surface area contributed by atoms with Gasteiger partial charge in [0, 0.05) is 26.0 Å². The minimum Gasteiger partial charge on any atom is -0.488 e. The highest BCUT2D eigenvalue weighted by molar-refractivity contribution is 9.10. The summed E-state index contributed by atoms with van der Waals surface area (Å²) in [5.74, 6) is 1.61. The lowest BCUT2D eigenvalue weighted by molar-refractivity contribution is 0.304. The van der Waals surface area contributed by atoms with Crippen LogP contribution in [0.25, 0.3) is 10.9 Å². The molecule has 0 aliphatic heterocycles. The Bertz CT molecular complexity index is 1550. The third-order valence-electron chi connectivity index (χ3n) is 6.48. The molecule has 0 radical (unpaired) electrons. The molecular formula is C28H23Br2Cl2N3O2. The normalized spacial score (nSPS) is 14.5. The Morgan fingerprint density at radius 2 is 1.84 bits per heavy atom. The molecule has 0 spiro atoms. The summed E-state index contributed by atoms with van der Waals surface area (Å²) in [5, 5.41) is 6.30. The Morgan fingerprint density at radius 3 is 2.59 bits per heavy atom. The number of hydrogen-bond donors (Lipinski definition) is 0. The smallest absolute Gasteiger partial charge is 0.282 e. The Morgan fingerprint density at radius 1 is 1.03 bits per heavy atom. The van der Waals surface area contributed by atoms with Crippen molar-refractivity contribution in [3.05, 3.63) is 101 Å². The van der Waals surface area contributed by atoms with Gasteiger partial charge in [0.2, 0.25) is 0 Å². The summed E-state index contributed by atoms with van der Waals surface area (Å²) in [5.41, 5.74) is 2.19. The SMILES string of the molecule is O=c1c2cc(Br)ccc2nc(C2CCCCC2)n1N=Cc1ccc(OCc2ccc(Cl)cc2Cl)c(Br)c1. The van der Waals surface area contributed by atoms with Gasteiger partial charge in [0.25, 0.3) is 5.56 Å². The maximum absolute atomic E-state index is 13.5. The van der Waals surface area contributed by atoms with E-state index >= 15 is 0 Å². The van der Waals surface area contributed by atoms with Crippen molar-refractivity contribution in [3.8, 4) is 5.75 Å².